The third-order valence-electron chi connectivity index (χ3n) is 1.22. The molecule has 0 radical (unpaired) electrons. The third kappa shape index (κ3) is 3.28. The van der Waals surface area contributed by atoms with Crippen molar-refractivity contribution < 1.29 is 17.2 Å². The van der Waals surface area contributed by atoms with Crippen molar-refractivity contribution in [2.45, 2.75) is 0 Å². The highest BCUT2D eigenvalue weighted by atomic mass is 32.3. The largest absolute Gasteiger partial charge is 0.446 e. The normalized spacial score (nSPS) is 10.9. The summed E-state index contributed by atoms with van der Waals surface area (Å²) in [5, 5.41) is 0. The maximum atomic E-state index is 10.2. The van der Waals surface area contributed by atoms with Gasteiger partial charge >= 0.3 is 10.4 Å². The molecule has 0 aliphatic heterocycles. The maximum Gasteiger partial charge on any atom is 0.446 e. The van der Waals surface area contributed by atoms with Gasteiger partial charge in [-0.3, -0.25) is 10.4 Å². The second-order valence-corrected chi connectivity index (χ2v) is 3.20. The molecule has 0 aromatic heterocycles. The van der Waals surface area contributed by atoms with Gasteiger partial charge in [-0.05, 0) is 24.3 Å². The molecule has 0 saturated heterocycles. The van der Waals surface area contributed by atoms with E-state index in [4.69, 9.17) is 10.4 Å². The summed E-state index contributed by atoms with van der Waals surface area (Å²) in [5.41, 5.74) is 2.95. The van der Waals surface area contributed by atoms with Crippen LogP contribution in [0.4, 0.5) is 5.69 Å². The lowest BCUT2D eigenvalue weighted by atomic mass is 10.3. The molecule has 0 heterocycles. The molecule has 0 atom stereocenters. The molecule has 0 spiro atoms. The van der Waals surface area contributed by atoms with Crippen molar-refractivity contribution in [2.24, 2.45) is 5.84 Å². The van der Waals surface area contributed by atoms with E-state index < -0.39 is 10.4 Å². The molecule has 1 aromatic rings. The van der Waals surface area contributed by atoms with Crippen LogP contribution in [0.5, 0.6) is 5.75 Å². The molecular formula is C6H8N2O4S. The van der Waals surface area contributed by atoms with Gasteiger partial charge in [0.05, 0.1) is 0 Å². The molecule has 0 saturated carbocycles. The van der Waals surface area contributed by atoms with Crippen LogP contribution in [0, 0.1) is 0 Å². The first-order valence-corrected chi connectivity index (χ1v) is 4.61. The first-order chi connectivity index (χ1) is 6.01. The molecule has 0 aliphatic rings. The number of nitrogen functional groups attached to an aromatic ring is 1. The zero-order valence-corrected chi connectivity index (χ0v) is 7.28. The Kier molecular flexibility index (Phi) is 2.71. The van der Waals surface area contributed by atoms with Crippen molar-refractivity contribution in [1.82, 2.24) is 0 Å². The van der Waals surface area contributed by atoms with E-state index in [-0.39, 0.29) is 5.75 Å². The number of nitrogens with two attached hydrogens (primary N) is 1. The highest BCUT2D eigenvalue weighted by Crippen LogP contribution is 2.15. The molecule has 6 nitrogen and oxygen atoms in total. The second kappa shape index (κ2) is 3.60. The smallest absolute Gasteiger partial charge is 0.362 e. The highest BCUT2D eigenvalue weighted by molar-refractivity contribution is 7.81. The summed E-state index contributed by atoms with van der Waals surface area (Å²) < 4.78 is 33.0. The van der Waals surface area contributed by atoms with Crippen molar-refractivity contribution in [3.63, 3.8) is 0 Å². The van der Waals surface area contributed by atoms with Crippen LogP contribution in [0.3, 0.4) is 0 Å². The molecule has 0 unspecified atom stereocenters. The van der Waals surface area contributed by atoms with Crippen molar-refractivity contribution >= 4 is 16.1 Å². The summed E-state index contributed by atoms with van der Waals surface area (Å²) in [5.74, 6) is 5.08. The van der Waals surface area contributed by atoms with Crippen LogP contribution in [-0.4, -0.2) is 13.0 Å². The van der Waals surface area contributed by atoms with Crippen LogP contribution in [-0.2, 0) is 10.4 Å². The van der Waals surface area contributed by atoms with Crippen molar-refractivity contribution in [1.29, 1.82) is 0 Å². The predicted molar refractivity (Wildman–Crippen MR) is 46.4 cm³/mol. The number of benzene rings is 1. The predicted octanol–water partition coefficient (Wildman–Crippen LogP) is 0.154. The summed E-state index contributed by atoms with van der Waals surface area (Å²) in [6.45, 7) is 0. The fourth-order valence-electron chi connectivity index (χ4n) is 0.728. The van der Waals surface area contributed by atoms with Gasteiger partial charge in [-0.15, -0.1) is 0 Å². The lowest BCUT2D eigenvalue weighted by Crippen LogP contribution is -2.08. The molecule has 13 heavy (non-hydrogen) atoms. The standard InChI is InChI=1S/C6H8N2O4S/c7-8-5-1-3-6(4-2-5)12-13(9,10)11/h1-4,8H,7H2,(H,9,10,11). The summed E-state index contributed by atoms with van der Waals surface area (Å²) >= 11 is 0. The van der Waals surface area contributed by atoms with Crippen molar-refractivity contribution in [3.05, 3.63) is 24.3 Å². The van der Waals surface area contributed by atoms with Gasteiger partial charge in [0.15, 0.2) is 0 Å². The van der Waals surface area contributed by atoms with E-state index in [0.29, 0.717) is 5.69 Å². The average Bonchev–Trinajstić information content (AvgIpc) is 2.03. The monoisotopic (exact) mass is 204 g/mol. The highest BCUT2D eigenvalue weighted by Gasteiger charge is 2.05. The number of hydrogen-bond acceptors (Lipinski definition) is 5. The van der Waals surface area contributed by atoms with Crippen LogP contribution in [0.2, 0.25) is 0 Å². The fourth-order valence-corrected chi connectivity index (χ4v) is 1.08. The molecule has 72 valence electrons. The van der Waals surface area contributed by atoms with Gasteiger partial charge in [-0.1, -0.05) is 0 Å². The van der Waals surface area contributed by atoms with E-state index in [1.165, 1.54) is 24.3 Å². The van der Waals surface area contributed by atoms with Crippen LogP contribution >= 0.6 is 0 Å². The fraction of sp³-hybridized carbons (Fsp3) is 0. The Labute approximate surface area is 75.2 Å². The van der Waals surface area contributed by atoms with Gasteiger partial charge < -0.3 is 9.61 Å². The first kappa shape index (κ1) is 9.78. The van der Waals surface area contributed by atoms with Gasteiger partial charge in [0.1, 0.15) is 5.75 Å². The summed E-state index contributed by atoms with van der Waals surface area (Å²) in [7, 11) is -4.45. The number of hydrazine groups is 1. The van der Waals surface area contributed by atoms with Gasteiger partial charge in [0.25, 0.3) is 0 Å². The molecular weight excluding hydrogens is 196 g/mol. The molecule has 1 rings (SSSR count). The Balaban J connectivity index is 2.81. The molecule has 0 amide bonds. The zero-order valence-electron chi connectivity index (χ0n) is 6.47. The first-order valence-electron chi connectivity index (χ1n) is 3.25. The number of nitrogens with one attached hydrogen (secondary N) is 1. The lowest BCUT2D eigenvalue weighted by molar-refractivity contribution is 0.387. The summed E-state index contributed by atoms with van der Waals surface area (Å²) in [4.78, 5) is 0. The van der Waals surface area contributed by atoms with E-state index >= 15 is 0 Å². The van der Waals surface area contributed by atoms with E-state index in [2.05, 4.69) is 9.61 Å². The quantitative estimate of drug-likeness (QED) is 0.368. The van der Waals surface area contributed by atoms with Crippen LogP contribution < -0.4 is 15.5 Å². The lowest BCUT2D eigenvalue weighted by Gasteiger charge is -2.02. The maximum absolute atomic E-state index is 10.2. The molecule has 1 aromatic carbocycles. The Hall–Kier alpha value is -1.31. The average molecular weight is 204 g/mol. The summed E-state index contributed by atoms with van der Waals surface area (Å²) in [6, 6.07) is 5.70. The Morgan fingerprint density at radius 3 is 2.23 bits per heavy atom. The molecule has 7 heteroatoms. The van der Waals surface area contributed by atoms with Crippen molar-refractivity contribution in [2.75, 3.05) is 5.43 Å². The topological polar surface area (TPSA) is 102 Å². The van der Waals surface area contributed by atoms with E-state index in [9.17, 15) is 8.42 Å². The number of rotatable bonds is 3. The minimum absolute atomic E-state index is 0.0153. The van der Waals surface area contributed by atoms with E-state index in [1.54, 1.807) is 0 Å². The molecule has 4 N–H and O–H groups in total. The Morgan fingerprint density at radius 1 is 1.31 bits per heavy atom. The Bertz CT molecular complexity index is 372. The second-order valence-electron chi connectivity index (χ2n) is 2.18. The van der Waals surface area contributed by atoms with Crippen LogP contribution in [0.1, 0.15) is 0 Å². The molecule has 0 fully saturated rings. The van der Waals surface area contributed by atoms with Gasteiger partial charge in [0, 0.05) is 5.69 Å². The van der Waals surface area contributed by atoms with Gasteiger partial charge in [-0.2, -0.15) is 8.42 Å². The zero-order chi connectivity index (χ0) is 9.90. The number of anilines is 1. The minimum atomic E-state index is -4.45. The van der Waals surface area contributed by atoms with Crippen LogP contribution in [0.15, 0.2) is 24.3 Å². The van der Waals surface area contributed by atoms with Crippen LogP contribution in [0.25, 0.3) is 0 Å². The van der Waals surface area contributed by atoms with E-state index in [1.807, 2.05) is 0 Å². The number of hydrogen-bond donors (Lipinski definition) is 3. The SMILES string of the molecule is NNc1ccc(OS(=O)(=O)O)cc1. The van der Waals surface area contributed by atoms with Gasteiger partial charge in [0.2, 0.25) is 0 Å². The minimum Gasteiger partial charge on any atom is -0.362 e. The van der Waals surface area contributed by atoms with Crippen molar-refractivity contribution in [3.8, 4) is 5.75 Å². The third-order valence-corrected chi connectivity index (χ3v) is 1.63. The van der Waals surface area contributed by atoms with Gasteiger partial charge in [-0.25, -0.2) is 0 Å². The Morgan fingerprint density at radius 2 is 1.85 bits per heavy atom. The van der Waals surface area contributed by atoms with E-state index in [0.717, 1.165) is 0 Å². The molecule has 0 bridgehead atoms. The molecule has 0 aliphatic carbocycles. The summed E-state index contributed by atoms with van der Waals surface area (Å²) in [6.07, 6.45) is 0.